The van der Waals surface area contributed by atoms with Crippen LogP contribution in [0.25, 0.3) is 0 Å². The van der Waals surface area contributed by atoms with E-state index in [-0.39, 0.29) is 5.91 Å². The number of carbonyl (C=O) groups is 1. The van der Waals surface area contributed by atoms with Gasteiger partial charge in [-0.2, -0.15) is 5.26 Å². The van der Waals surface area contributed by atoms with Crippen LogP contribution in [0.2, 0.25) is 0 Å². The Morgan fingerprint density at radius 3 is 2.89 bits per heavy atom. The standard InChI is InChI=1S/C14H18N4O/c1-11-9-16-6-7-18(11)10-14(19)17-13-4-2-12(8-15)3-5-13/h2-5,11,16H,6-7,9-10H2,1H3,(H,17,19)/t11-/m0/s1. The molecule has 0 aromatic heterocycles. The smallest absolute Gasteiger partial charge is 0.238 e. The van der Waals surface area contributed by atoms with E-state index in [2.05, 4.69) is 28.5 Å². The molecule has 5 heteroatoms. The molecule has 2 N–H and O–H groups in total. The van der Waals surface area contributed by atoms with Gasteiger partial charge in [0.05, 0.1) is 18.2 Å². The van der Waals surface area contributed by atoms with Gasteiger partial charge in [0, 0.05) is 31.4 Å². The van der Waals surface area contributed by atoms with Crippen LogP contribution < -0.4 is 10.6 Å². The van der Waals surface area contributed by atoms with Crippen molar-refractivity contribution in [2.24, 2.45) is 0 Å². The van der Waals surface area contributed by atoms with Crippen molar-refractivity contribution in [3.63, 3.8) is 0 Å². The topological polar surface area (TPSA) is 68.2 Å². The fourth-order valence-corrected chi connectivity index (χ4v) is 2.13. The molecular weight excluding hydrogens is 240 g/mol. The van der Waals surface area contributed by atoms with Gasteiger partial charge in [0.25, 0.3) is 0 Å². The van der Waals surface area contributed by atoms with Gasteiger partial charge in [-0.05, 0) is 31.2 Å². The molecule has 5 nitrogen and oxygen atoms in total. The van der Waals surface area contributed by atoms with Crippen molar-refractivity contribution in [1.82, 2.24) is 10.2 Å². The summed E-state index contributed by atoms with van der Waals surface area (Å²) < 4.78 is 0. The van der Waals surface area contributed by atoms with E-state index in [1.165, 1.54) is 0 Å². The maximum absolute atomic E-state index is 11.9. The highest BCUT2D eigenvalue weighted by Crippen LogP contribution is 2.09. The Morgan fingerprint density at radius 1 is 1.53 bits per heavy atom. The van der Waals surface area contributed by atoms with E-state index in [1.54, 1.807) is 24.3 Å². The van der Waals surface area contributed by atoms with Crippen LogP contribution in [0.3, 0.4) is 0 Å². The van der Waals surface area contributed by atoms with Crippen LogP contribution in [0.15, 0.2) is 24.3 Å². The van der Waals surface area contributed by atoms with Gasteiger partial charge in [-0.1, -0.05) is 0 Å². The van der Waals surface area contributed by atoms with Gasteiger partial charge in [-0.25, -0.2) is 0 Å². The quantitative estimate of drug-likeness (QED) is 0.841. The molecule has 1 atom stereocenters. The number of hydrogen-bond acceptors (Lipinski definition) is 4. The Kier molecular flexibility index (Phi) is 4.50. The lowest BCUT2D eigenvalue weighted by Crippen LogP contribution is -2.51. The van der Waals surface area contributed by atoms with Crippen LogP contribution in [0, 0.1) is 11.3 Å². The molecule has 19 heavy (non-hydrogen) atoms. The Morgan fingerprint density at radius 2 is 2.26 bits per heavy atom. The van der Waals surface area contributed by atoms with Gasteiger partial charge in [-0.15, -0.1) is 0 Å². The second kappa shape index (κ2) is 6.32. The van der Waals surface area contributed by atoms with Crippen molar-refractivity contribution in [1.29, 1.82) is 5.26 Å². The molecule has 1 saturated heterocycles. The molecule has 1 aromatic rings. The number of rotatable bonds is 3. The molecule has 1 aliphatic heterocycles. The monoisotopic (exact) mass is 258 g/mol. The van der Waals surface area contributed by atoms with Crippen molar-refractivity contribution in [2.45, 2.75) is 13.0 Å². The first-order valence-corrected chi connectivity index (χ1v) is 6.44. The van der Waals surface area contributed by atoms with Gasteiger partial charge in [0.1, 0.15) is 0 Å². The van der Waals surface area contributed by atoms with E-state index >= 15 is 0 Å². The first-order chi connectivity index (χ1) is 9.19. The Labute approximate surface area is 113 Å². The Balaban J connectivity index is 1.88. The SMILES string of the molecule is C[C@H]1CNCCN1CC(=O)Nc1ccc(C#N)cc1. The lowest BCUT2D eigenvalue weighted by Gasteiger charge is -2.33. The van der Waals surface area contributed by atoms with Crippen LogP contribution in [0.4, 0.5) is 5.69 Å². The third kappa shape index (κ3) is 3.78. The highest BCUT2D eigenvalue weighted by atomic mass is 16.2. The third-order valence-corrected chi connectivity index (χ3v) is 3.28. The summed E-state index contributed by atoms with van der Waals surface area (Å²) in [5, 5.41) is 14.9. The van der Waals surface area contributed by atoms with Crippen molar-refractivity contribution in [2.75, 3.05) is 31.5 Å². The van der Waals surface area contributed by atoms with E-state index in [1.807, 2.05) is 0 Å². The largest absolute Gasteiger partial charge is 0.325 e. The number of carbonyl (C=O) groups excluding carboxylic acids is 1. The number of piperazine rings is 1. The average Bonchev–Trinajstić information content (AvgIpc) is 2.42. The third-order valence-electron chi connectivity index (χ3n) is 3.28. The fourth-order valence-electron chi connectivity index (χ4n) is 2.13. The molecule has 1 fully saturated rings. The first-order valence-electron chi connectivity index (χ1n) is 6.44. The maximum Gasteiger partial charge on any atom is 0.238 e. The summed E-state index contributed by atoms with van der Waals surface area (Å²) in [5.74, 6) is -0.0153. The Hall–Kier alpha value is -1.90. The van der Waals surface area contributed by atoms with Crippen molar-refractivity contribution in [3.8, 4) is 6.07 Å². The van der Waals surface area contributed by atoms with Crippen molar-refractivity contribution >= 4 is 11.6 Å². The minimum Gasteiger partial charge on any atom is -0.325 e. The van der Waals surface area contributed by atoms with E-state index in [0.717, 1.165) is 25.3 Å². The molecule has 1 aliphatic rings. The van der Waals surface area contributed by atoms with Crippen molar-refractivity contribution in [3.05, 3.63) is 29.8 Å². The van der Waals surface area contributed by atoms with E-state index in [4.69, 9.17) is 5.26 Å². The highest BCUT2D eigenvalue weighted by molar-refractivity contribution is 5.92. The van der Waals surface area contributed by atoms with Crippen LogP contribution in [-0.2, 0) is 4.79 Å². The van der Waals surface area contributed by atoms with Crippen LogP contribution in [0.1, 0.15) is 12.5 Å². The van der Waals surface area contributed by atoms with Gasteiger partial charge in [0.2, 0.25) is 5.91 Å². The van der Waals surface area contributed by atoms with Crippen LogP contribution in [0.5, 0.6) is 0 Å². The zero-order valence-electron chi connectivity index (χ0n) is 11.0. The number of hydrogen-bond donors (Lipinski definition) is 2. The summed E-state index contributed by atoms with van der Waals surface area (Å²) >= 11 is 0. The molecule has 1 amide bonds. The summed E-state index contributed by atoms with van der Waals surface area (Å²) in [6, 6.07) is 9.32. The normalized spacial score (nSPS) is 19.7. The lowest BCUT2D eigenvalue weighted by molar-refractivity contribution is -0.118. The Bertz CT molecular complexity index is 477. The molecule has 0 aliphatic carbocycles. The van der Waals surface area contributed by atoms with E-state index < -0.39 is 0 Å². The molecule has 0 spiro atoms. The minimum absolute atomic E-state index is 0.0153. The van der Waals surface area contributed by atoms with Gasteiger partial charge >= 0.3 is 0 Å². The number of nitriles is 1. The molecule has 0 saturated carbocycles. The van der Waals surface area contributed by atoms with Gasteiger partial charge in [0.15, 0.2) is 0 Å². The fraction of sp³-hybridized carbons (Fsp3) is 0.429. The predicted molar refractivity (Wildman–Crippen MR) is 73.7 cm³/mol. The molecule has 0 radical (unpaired) electrons. The zero-order valence-corrected chi connectivity index (χ0v) is 11.0. The molecule has 0 unspecified atom stereocenters. The molecular formula is C14H18N4O. The summed E-state index contributed by atoms with van der Waals surface area (Å²) in [4.78, 5) is 14.1. The second-order valence-corrected chi connectivity index (χ2v) is 4.76. The number of nitrogens with zero attached hydrogens (tertiary/aromatic N) is 2. The van der Waals surface area contributed by atoms with Gasteiger partial charge < -0.3 is 10.6 Å². The number of benzene rings is 1. The van der Waals surface area contributed by atoms with E-state index in [9.17, 15) is 4.79 Å². The molecule has 2 rings (SSSR count). The number of amides is 1. The number of anilines is 1. The van der Waals surface area contributed by atoms with Crippen molar-refractivity contribution < 1.29 is 4.79 Å². The van der Waals surface area contributed by atoms with Crippen LogP contribution >= 0.6 is 0 Å². The maximum atomic E-state index is 11.9. The molecule has 0 bridgehead atoms. The molecule has 100 valence electrons. The number of nitrogens with one attached hydrogen (secondary N) is 2. The molecule has 1 heterocycles. The summed E-state index contributed by atoms with van der Waals surface area (Å²) in [6.07, 6.45) is 0. The van der Waals surface area contributed by atoms with Crippen LogP contribution in [-0.4, -0.2) is 43.0 Å². The van der Waals surface area contributed by atoms with Gasteiger partial charge in [-0.3, -0.25) is 9.69 Å². The summed E-state index contributed by atoms with van der Waals surface area (Å²) in [5.41, 5.74) is 1.32. The minimum atomic E-state index is -0.0153. The van der Waals surface area contributed by atoms with E-state index in [0.29, 0.717) is 18.2 Å². The average molecular weight is 258 g/mol. The highest BCUT2D eigenvalue weighted by Gasteiger charge is 2.20. The lowest BCUT2D eigenvalue weighted by atomic mass is 10.2. The first kappa shape index (κ1) is 13.5. The predicted octanol–water partition coefficient (Wildman–Crippen LogP) is 0.790. The summed E-state index contributed by atoms with van der Waals surface area (Å²) in [7, 11) is 0. The summed E-state index contributed by atoms with van der Waals surface area (Å²) in [6.45, 7) is 5.25. The molecule has 1 aromatic carbocycles. The zero-order chi connectivity index (χ0) is 13.7. The second-order valence-electron chi connectivity index (χ2n) is 4.76.